The van der Waals surface area contributed by atoms with Crippen LogP contribution < -0.4 is 0 Å². The quantitative estimate of drug-likeness (QED) is 0.297. The van der Waals surface area contributed by atoms with Gasteiger partial charge in [-0.05, 0) is 169 Å². The summed E-state index contributed by atoms with van der Waals surface area (Å²) in [6.45, 7) is 0. The number of thioether (sulfide) groups is 1. The Morgan fingerprint density at radius 3 is 1.81 bits per heavy atom. The molecule has 14 unspecified atom stereocenters. The molecule has 2 saturated heterocycles. The van der Waals surface area contributed by atoms with Crippen LogP contribution in [0.1, 0.15) is 173 Å². The number of ether oxygens (including phenoxy) is 1. The fourth-order valence-electron chi connectivity index (χ4n) is 16.2. The van der Waals surface area contributed by atoms with Gasteiger partial charge in [0.1, 0.15) is 0 Å². The zero-order chi connectivity index (χ0) is 30.9. The lowest BCUT2D eigenvalue weighted by atomic mass is 9.57. The molecule has 8 saturated carbocycles. The zero-order valence-corrected chi connectivity index (χ0v) is 31.0. The molecule has 0 aromatic rings. The molecule has 0 radical (unpaired) electrons. The first kappa shape index (κ1) is 32.0. The van der Waals surface area contributed by atoms with Crippen LogP contribution in [0.5, 0.6) is 0 Å². The highest BCUT2D eigenvalue weighted by atomic mass is 32.2. The van der Waals surface area contributed by atoms with Crippen LogP contribution in [0.3, 0.4) is 0 Å². The molecular formula is C44H71NOS. The normalized spacial score (nSPS) is 53.3. The fraction of sp³-hybridized carbons (Fsp3) is 1.00. The van der Waals surface area contributed by atoms with Gasteiger partial charge in [-0.2, -0.15) is 11.8 Å². The van der Waals surface area contributed by atoms with Gasteiger partial charge in [0.2, 0.25) is 0 Å². The van der Waals surface area contributed by atoms with E-state index in [1.165, 1.54) is 122 Å². The van der Waals surface area contributed by atoms with E-state index in [0.717, 1.165) is 87.8 Å². The lowest BCUT2D eigenvalue weighted by molar-refractivity contribution is -0.0794. The first-order valence-electron chi connectivity index (χ1n) is 22.4. The van der Waals surface area contributed by atoms with Crippen LogP contribution in [-0.4, -0.2) is 45.7 Å². The van der Waals surface area contributed by atoms with Gasteiger partial charge in [0.05, 0.1) is 12.2 Å². The summed E-state index contributed by atoms with van der Waals surface area (Å²) in [5.41, 5.74) is 0. The Morgan fingerprint density at radius 2 is 0.957 bits per heavy atom. The Balaban J connectivity index is 0.828. The smallest absolute Gasteiger partial charge is 0.0652 e. The molecule has 10 aliphatic rings. The van der Waals surface area contributed by atoms with E-state index in [1.54, 1.807) is 51.4 Å². The number of fused-ring (bicyclic) bond motifs is 10. The van der Waals surface area contributed by atoms with Crippen molar-refractivity contribution in [3.8, 4) is 0 Å². The second-order valence-corrected chi connectivity index (χ2v) is 21.3. The maximum absolute atomic E-state index is 7.53. The minimum Gasteiger partial charge on any atom is -0.374 e. The summed E-state index contributed by atoms with van der Waals surface area (Å²) in [6.07, 6.45) is 42.6. The number of hydrogen-bond donors (Lipinski definition) is 0. The summed E-state index contributed by atoms with van der Waals surface area (Å²) in [6, 6.07) is 2.73. The van der Waals surface area contributed by atoms with Gasteiger partial charge in [0.15, 0.2) is 0 Å². The molecule has 10 rings (SSSR count). The van der Waals surface area contributed by atoms with Gasteiger partial charge in [0.25, 0.3) is 0 Å². The van der Waals surface area contributed by atoms with E-state index in [9.17, 15) is 0 Å². The number of hydrogen-bond acceptors (Lipinski definition) is 3. The molecule has 0 aromatic carbocycles. The Hall–Kier alpha value is 0.270. The Morgan fingerprint density at radius 1 is 0.362 bits per heavy atom. The average molecular weight is 662 g/mol. The molecule has 264 valence electrons. The first-order chi connectivity index (χ1) is 23.3. The standard InChI is InChI=1S/C44H71NOS/c1-2-10-31(11-3-1)45(33-24-21-30-18-17-28-9-4-5-12-34(28)39(30)27-33)32-22-19-29(20-23-32)35-14-8-15-36-37-25-26-41-42(44(37)46-43(35)36)38-13-6-7-16-40(38)47-41/h28-44H,1-27H2. The van der Waals surface area contributed by atoms with Crippen LogP contribution >= 0.6 is 11.8 Å². The predicted octanol–water partition coefficient (Wildman–Crippen LogP) is 11.4. The highest BCUT2D eigenvalue weighted by Gasteiger charge is 2.60. The molecule has 2 nitrogen and oxygen atoms in total. The van der Waals surface area contributed by atoms with E-state index in [4.69, 9.17) is 4.74 Å². The van der Waals surface area contributed by atoms with E-state index in [-0.39, 0.29) is 0 Å². The van der Waals surface area contributed by atoms with Crippen LogP contribution in [0.4, 0.5) is 0 Å². The van der Waals surface area contributed by atoms with Gasteiger partial charge in [-0.3, -0.25) is 4.90 Å². The van der Waals surface area contributed by atoms with Crippen molar-refractivity contribution in [2.75, 3.05) is 0 Å². The maximum atomic E-state index is 7.53. The lowest BCUT2D eigenvalue weighted by Crippen LogP contribution is -2.55. The van der Waals surface area contributed by atoms with Crippen molar-refractivity contribution in [2.24, 2.45) is 59.2 Å². The summed E-state index contributed by atoms with van der Waals surface area (Å²) in [5, 5.41) is 1.93. The second-order valence-electron chi connectivity index (χ2n) is 19.8. The third kappa shape index (κ3) is 5.78. The second kappa shape index (κ2) is 13.7. The van der Waals surface area contributed by atoms with Crippen molar-refractivity contribution >= 4 is 11.8 Å². The summed E-state index contributed by atoms with van der Waals surface area (Å²) in [4.78, 5) is 3.32. The Labute approximate surface area is 293 Å². The molecule has 8 aliphatic carbocycles. The molecule has 2 aliphatic heterocycles. The molecule has 0 N–H and O–H groups in total. The van der Waals surface area contributed by atoms with Gasteiger partial charge in [-0.1, -0.05) is 57.8 Å². The molecule has 47 heavy (non-hydrogen) atoms. The van der Waals surface area contributed by atoms with Gasteiger partial charge in [-0.25, -0.2) is 0 Å². The van der Waals surface area contributed by atoms with E-state index in [0.29, 0.717) is 12.2 Å². The van der Waals surface area contributed by atoms with Crippen LogP contribution in [0.2, 0.25) is 0 Å². The van der Waals surface area contributed by atoms with Gasteiger partial charge in [0, 0.05) is 34.5 Å². The SMILES string of the molecule is C1CCC(N(C2CCC(C3CCCC4C5CCC6SC7CCCCC7C6C5OC34)CC2)C2CCC3CCC4CCCCC4C3C2)CC1. The third-order valence-corrected chi connectivity index (χ3v) is 19.9. The maximum Gasteiger partial charge on any atom is 0.0652 e. The van der Waals surface area contributed by atoms with E-state index in [1.807, 2.05) is 0 Å². The van der Waals surface area contributed by atoms with Crippen LogP contribution in [-0.2, 0) is 4.74 Å². The van der Waals surface area contributed by atoms with Crippen molar-refractivity contribution < 1.29 is 4.74 Å². The molecule has 0 amide bonds. The van der Waals surface area contributed by atoms with E-state index in [2.05, 4.69) is 16.7 Å². The minimum atomic E-state index is 0.631. The topological polar surface area (TPSA) is 12.5 Å². The molecule has 3 heteroatoms. The molecule has 2 heterocycles. The van der Waals surface area contributed by atoms with Crippen LogP contribution in [0.25, 0.3) is 0 Å². The Kier molecular flexibility index (Phi) is 9.30. The monoisotopic (exact) mass is 662 g/mol. The van der Waals surface area contributed by atoms with Gasteiger partial charge < -0.3 is 4.74 Å². The molecule has 0 aromatic heterocycles. The van der Waals surface area contributed by atoms with E-state index >= 15 is 0 Å². The van der Waals surface area contributed by atoms with Crippen molar-refractivity contribution in [2.45, 2.75) is 214 Å². The van der Waals surface area contributed by atoms with E-state index < -0.39 is 0 Å². The summed E-state index contributed by atoms with van der Waals surface area (Å²) in [7, 11) is 0. The van der Waals surface area contributed by atoms with Crippen molar-refractivity contribution in [1.29, 1.82) is 0 Å². The third-order valence-electron chi connectivity index (χ3n) is 18.0. The summed E-state index contributed by atoms with van der Waals surface area (Å²) < 4.78 is 7.53. The zero-order valence-electron chi connectivity index (χ0n) is 30.2. The highest BCUT2D eigenvalue weighted by molar-refractivity contribution is 8.00. The minimum absolute atomic E-state index is 0.631. The Bertz CT molecular complexity index is 1070. The summed E-state index contributed by atoms with van der Waals surface area (Å²) in [5.74, 6) is 9.97. The van der Waals surface area contributed by atoms with Crippen molar-refractivity contribution in [1.82, 2.24) is 4.90 Å². The average Bonchev–Trinajstić information content (AvgIpc) is 3.71. The summed E-state index contributed by atoms with van der Waals surface area (Å²) >= 11 is 2.44. The molecule has 0 spiro atoms. The van der Waals surface area contributed by atoms with Gasteiger partial charge >= 0.3 is 0 Å². The van der Waals surface area contributed by atoms with Crippen molar-refractivity contribution in [3.63, 3.8) is 0 Å². The largest absolute Gasteiger partial charge is 0.374 e. The lowest BCUT2D eigenvalue weighted by Gasteiger charge is -2.54. The number of rotatable bonds is 4. The fourth-order valence-corrected chi connectivity index (χ4v) is 18.2. The van der Waals surface area contributed by atoms with Crippen LogP contribution in [0, 0.1) is 59.2 Å². The predicted molar refractivity (Wildman–Crippen MR) is 197 cm³/mol. The highest BCUT2D eigenvalue weighted by Crippen LogP contribution is 2.62. The number of nitrogens with zero attached hydrogens (tertiary/aromatic N) is 1. The van der Waals surface area contributed by atoms with Gasteiger partial charge in [-0.15, -0.1) is 0 Å². The molecular weight excluding hydrogens is 591 g/mol. The van der Waals surface area contributed by atoms with Crippen molar-refractivity contribution in [3.05, 3.63) is 0 Å². The molecule has 14 atom stereocenters. The molecule has 0 bridgehead atoms. The first-order valence-corrected chi connectivity index (χ1v) is 23.3. The van der Waals surface area contributed by atoms with Crippen LogP contribution in [0.15, 0.2) is 0 Å². The molecule has 10 fully saturated rings.